The monoisotopic (exact) mass is 816 g/mol. The van der Waals surface area contributed by atoms with Crippen LogP contribution in [0.4, 0.5) is 14.4 Å². The summed E-state index contributed by atoms with van der Waals surface area (Å²) in [4.78, 5) is 44.1. The van der Waals surface area contributed by atoms with Crippen LogP contribution in [0.3, 0.4) is 0 Å². The summed E-state index contributed by atoms with van der Waals surface area (Å²) in [5.41, 5.74) is -2.07. The minimum atomic E-state index is -4.66. The summed E-state index contributed by atoms with van der Waals surface area (Å²) < 4.78 is 49.2. The molecule has 314 valence electrons. The summed E-state index contributed by atoms with van der Waals surface area (Å²) in [6.07, 6.45) is 7.91. The van der Waals surface area contributed by atoms with Crippen molar-refractivity contribution < 1.29 is 40.8 Å². The third-order valence-electron chi connectivity index (χ3n) is 9.02. The number of unbranched alkanes of at least 4 members (excludes halogenated alkanes) is 3. The van der Waals surface area contributed by atoms with E-state index in [2.05, 4.69) is 53.5 Å². The zero-order valence-electron chi connectivity index (χ0n) is 34.4. The first-order valence-electron chi connectivity index (χ1n) is 19.6. The Morgan fingerprint density at radius 3 is 2.13 bits per heavy atom. The van der Waals surface area contributed by atoms with E-state index in [4.69, 9.17) is 18.0 Å². The van der Waals surface area contributed by atoms with E-state index < -0.39 is 57.4 Å². The van der Waals surface area contributed by atoms with Gasteiger partial charge in [-0.25, -0.2) is 14.4 Å². The summed E-state index contributed by atoms with van der Waals surface area (Å²) >= 11 is 1.23. The van der Waals surface area contributed by atoms with E-state index in [-0.39, 0.29) is 19.0 Å². The van der Waals surface area contributed by atoms with Gasteiger partial charge in [0.2, 0.25) is 5.96 Å². The molecule has 1 aromatic heterocycles. The Labute approximate surface area is 331 Å². The van der Waals surface area contributed by atoms with Crippen molar-refractivity contribution >= 4 is 45.9 Å². The van der Waals surface area contributed by atoms with E-state index in [1.165, 1.54) is 11.3 Å². The Morgan fingerprint density at radius 2 is 1.55 bits per heavy atom. The molecule has 0 saturated carbocycles. The summed E-state index contributed by atoms with van der Waals surface area (Å²) in [7, 11) is -4.66. The molecule has 55 heavy (non-hydrogen) atoms. The lowest BCUT2D eigenvalue weighted by Crippen LogP contribution is -2.51. The molecule has 2 fully saturated rings. The quantitative estimate of drug-likeness (QED) is 0.0792. The molecule has 3 rings (SSSR count). The molecular formula is C36H64N8O9S2. The number of nitrogens with one attached hydrogen (secondary N) is 2. The molecular weight excluding hydrogens is 753 g/mol. The van der Waals surface area contributed by atoms with Gasteiger partial charge in [-0.15, -0.1) is 19.5 Å². The number of rotatable bonds is 19. The van der Waals surface area contributed by atoms with Gasteiger partial charge >= 0.3 is 28.6 Å². The highest BCUT2D eigenvalue weighted by atomic mass is 32.3. The molecule has 0 spiro atoms. The smallest absolute Gasteiger partial charge is 0.437 e. The number of nitrogens with zero attached hydrogens (tertiary/aromatic N) is 6. The van der Waals surface area contributed by atoms with Crippen LogP contribution >= 0.6 is 11.3 Å². The second kappa shape index (κ2) is 20.3. The van der Waals surface area contributed by atoms with Crippen molar-refractivity contribution in [2.24, 2.45) is 4.99 Å². The topological polar surface area (TPSA) is 194 Å². The third-order valence-corrected chi connectivity index (χ3v) is 10.7. The van der Waals surface area contributed by atoms with Crippen molar-refractivity contribution in [1.82, 2.24) is 35.9 Å². The van der Waals surface area contributed by atoms with Crippen LogP contribution in [0.15, 0.2) is 4.99 Å². The number of hydroxylamine groups is 4. The fourth-order valence-electron chi connectivity index (χ4n) is 6.61. The lowest BCUT2D eigenvalue weighted by atomic mass is 9.82. The average Bonchev–Trinajstić information content (AvgIpc) is 3.64. The SMILES string of the molecule is CCCCN(OS(=O)(=O)ON1C(=O)N2C[C@@H]1CC[C@H]2c1nnc(CN/C(=N\C(=O)OC(C)(C)C)NC(=O)OC(C)(C)C)s1)C(CCC)(CCCC)CCCC. The number of piperidine rings is 1. The summed E-state index contributed by atoms with van der Waals surface area (Å²) in [6.45, 7) is 19.3. The van der Waals surface area contributed by atoms with E-state index in [1.54, 1.807) is 51.5 Å². The molecule has 0 aliphatic carbocycles. The van der Waals surface area contributed by atoms with Crippen LogP contribution in [0.2, 0.25) is 0 Å². The number of guanidine groups is 1. The van der Waals surface area contributed by atoms with Crippen LogP contribution in [-0.2, 0) is 35.0 Å². The first-order valence-corrected chi connectivity index (χ1v) is 21.8. The first-order chi connectivity index (χ1) is 25.7. The minimum Gasteiger partial charge on any atom is -0.444 e. The zero-order chi connectivity index (χ0) is 41.0. The number of amides is 4. The molecule has 2 N–H and O–H groups in total. The molecule has 17 nitrogen and oxygen atoms in total. The van der Waals surface area contributed by atoms with Gasteiger partial charge in [0.05, 0.1) is 18.6 Å². The summed E-state index contributed by atoms with van der Waals surface area (Å²) in [6, 6.07) is -1.56. The van der Waals surface area contributed by atoms with Gasteiger partial charge in [0, 0.05) is 18.6 Å². The van der Waals surface area contributed by atoms with E-state index in [0.29, 0.717) is 29.4 Å². The van der Waals surface area contributed by atoms with Crippen LogP contribution in [0, 0.1) is 0 Å². The second-order valence-electron chi connectivity index (χ2n) is 16.2. The van der Waals surface area contributed by atoms with Crippen LogP contribution in [-0.4, -0.2) is 93.7 Å². The summed E-state index contributed by atoms with van der Waals surface area (Å²) in [5.74, 6) is -0.206. The molecule has 3 heterocycles. The molecule has 19 heteroatoms. The number of carbonyl (C=O) groups is 3. The first kappa shape index (κ1) is 46.3. The van der Waals surface area contributed by atoms with Gasteiger partial charge in [-0.3, -0.25) is 5.32 Å². The van der Waals surface area contributed by atoms with Crippen molar-refractivity contribution in [2.75, 3.05) is 13.1 Å². The molecule has 0 radical (unpaired) electrons. The van der Waals surface area contributed by atoms with Crippen LogP contribution in [0.1, 0.15) is 162 Å². The van der Waals surface area contributed by atoms with Crippen molar-refractivity contribution in [2.45, 2.75) is 182 Å². The maximum atomic E-state index is 13.7. The lowest BCUT2D eigenvalue weighted by molar-refractivity contribution is -0.172. The van der Waals surface area contributed by atoms with Crippen molar-refractivity contribution in [3.8, 4) is 0 Å². The second-order valence-corrected chi connectivity index (χ2v) is 18.4. The Kier molecular flexibility index (Phi) is 17.1. The van der Waals surface area contributed by atoms with Gasteiger partial charge in [-0.05, 0) is 80.1 Å². The number of hydrogen-bond acceptors (Lipinski definition) is 13. The number of ether oxygens (including phenoxy) is 2. The Bertz CT molecular complexity index is 1550. The number of carbonyl (C=O) groups excluding carboxylic acids is 3. The van der Waals surface area contributed by atoms with Gasteiger partial charge in [0.1, 0.15) is 21.2 Å². The largest absolute Gasteiger partial charge is 0.444 e. The molecule has 4 amide bonds. The lowest BCUT2D eigenvalue weighted by Gasteiger charge is -2.43. The molecule has 0 unspecified atom stereocenters. The standard InChI is InChI=1S/C36H64N8O9S2/c1-11-15-21-36(20-14-4,22-16-12-2)43(23-17-13-3)52-55(48,49)53-44-26-18-19-27(42(25-26)33(44)47)29-41-40-28(54-29)24-37-30(38-31(45)50-34(5,6)7)39-32(46)51-35(8,9)10/h26-27H,11-25H2,1-10H3,(H2,37,38,39,45,46)/t26-,27-/m0/s1. The normalized spacial score (nSPS) is 18.2. The number of fused-ring (bicyclic) bond motifs is 2. The number of urea groups is 1. The van der Waals surface area contributed by atoms with Gasteiger partial charge in [-0.2, -0.15) is 22.8 Å². The maximum absolute atomic E-state index is 13.7. The summed E-state index contributed by atoms with van der Waals surface area (Å²) in [5, 5.41) is 17.5. The number of aliphatic imine (C=N–C) groups is 1. The van der Waals surface area contributed by atoms with E-state index in [0.717, 1.165) is 69.3 Å². The maximum Gasteiger partial charge on any atom is 0.437 e. The van der Waals surface area contributed by atoms with Crippen LogP contribution in [0.5, 0.6) is 0 Å². The Hall–Kier alpha value is -3.13. The minimum absolute atomic E-state index is 0.0216. The van der Waals surface area contributed by atoms with Crippen LogP contribution < -0.4 is 10.6 Å². The Morgan fingerprint density at radius 1 is 0.909 bits per heavy atom. The molecule has 2 atom stereocenters. The molecule has 2 aliphatic rings. The molecule has 0 aromatic carbocycles. The average molecular weight is 817 g/mol. The van der Waals surface area contributed by atoms with Crippen LogP contribution in [0.25, 0.3) is 0 Å². The van der Waals surface area contributed by atoms with Gasteiger partial charge < -0.3 is 19.7 Å². The fraction of sp³-hybridized carbons (Fsp3) is 0.833. The number of hydrogen-bond donors (Lipinski definition) is 2. The fourth-order valence-corrected chi connectivity index (χ4v) is 8.40. The van der Waals surface area contributed by atoms with E-state index in [9.17, 15) is 22.8 Å². The van der Waals surface area contributed by atoms with Crippen molar-refractivity contribution in [3.05, 3.63) is 10.0 Å². The zero-order valence-corrected chi connectivity index (χ0v) is 36.1. The highest BCUT2D eigenvalue weighted by molar-refractivity contribution is 7.81. The molecule has 2 bridgehead atoms. The molecule has 1 aromatic rings. The van der Waals surface area contributed by atoms with E-state index >= 15 is 0 Å². The van der Waals surface area contributed by atoms with E-state index in [1.807, 2.05) is 0 Å². The molecule has 2 saturated heterocycles. The van der Waals surface area contributed by atoms with Crippen molar-refractivity contribution in [3.63, 3.8) is 0 Å². The third kappa shape index (κ3) is 14.4. The van der Waals surface area contributed by atoms with Gasteiger partial charge in [0.15, 0.2) is 0 Å². The number of alkyl carbamates (subject to hydrolysis) is 1. The van der Waals surface area contributed by atoms with Gasteiger partial charge in [0.25, 0.3) is 0 Å². The van der Waals surface area contributed by atoms with Gasteiger partial charge in [-0.1, -0.05) is 77.6 Å². The highest BCUT2D eigenvalue weighted by Crippen LogP contribution is 2.40. The highest BCUT2D eigenvalue weighted by Gasteiger charge is 2.50. The number of aromatic nitrogens is 2. The predicted molar refractivity (Wildman–Crippen MR) is 209 cm³/mol. The Balaban J connectivity index is 1.74. The molecule has 2 aliphatic heterocycles. The van der Waals surface area contributed by atoms with Crippen molar-refractivity contribution in [1.29, 1.82) is 0 Å². The predicted octanol–water partition coefficient (Wildman–Crippen LogP) is 7.51.